The molecular formula is C20H18FN3O7. The summed E-state index contributed by atoms with van der Waals surface area (Å²) in [5.74, 6) is -3.57. The Kier molecular flexibility index (Phi) is 6.43. The molecule has 1 aliphatic rings. The number of ether oxygens (including phenoxy) is 3. The van der Waals surface area contributed by atoms with Crippen LogP contribution in [0.2, 0.25) is 0 Å². The number of nitrogens with zero attached hydrogens (tertiary/aromatic N) is 2. The van der Waals surface area contributed by atoms with Crippen LogP contribution in [0, 0.1) is 0 Å². The summed E-state index contributed by atoms with van der Waals surface area (Å²) in [6, 6.07) is 9.55. The van der Waals surface area contributed by atoms with Crippen LogP contribution in [-0.2, 0) is 23.8 Å². The topological polar surface area (TPSA) is 126 Å². The van der Waals surface area contributed by atoms with Gasteiger partial charge in [-0.2, -0.15) is 4.98 Å². The van der Waals surface area contributed by atoms with Crippen LogP contribution in [0.3, 0.4) is 0 Å². The van der Waals surface area contributed by atoms with Crippen molar-refractivity contribution in [1.29, 1.82) is 0 Å². The second kappa shape index (κ2) is 9.20. The van der Waals surface area contributed by atoms with Gasteiger partial charge in [-0.1, -0.05) is 18.2 Å². The number of hydrogen-bond donors (Lipinski definition) is 1. The van der Waals surface area contributed by atoms with E-state index in [1.165, 1.54) is 6.07 Å². The lowest BCUT2D eigenvalue weighted by Gasteiger charge is -2.18. The maximum Gasteiger partial charge on any atom is 0.356 e. The highest BCUT2D eigenvalue weighted by Crippen LogP contribution is 2.32. The average molecular weight is 431 g/mol. The molecule has 0 saturated heterocycles. The quantitative estimate of drug-likeness (QED) is 0.682. The van der Waals surface area contributed by atoms with Crippen LogP contribution >= 0.6 is 0 Å². The highest BCUT2D eigenvalue weighted by molar-refractivity contribution is 6.03. The maximum absolute atomic E-state index is 14.9. The molecule has 0 bridgehead atoms. The van der Waals surface area contributed by atoms with Crippen molar-refractivity contribution in [3.63, 3.8) is 0 Å². The summed E-state index contributed by atoms with van der Waals surface area (Å²) in [7, 11) is 0. The molecule has 10 nitrogen and oxygen atoms in total. The predicted octanol–water partition coefficient (Wildman–Crippen LogP) is 1.48. The number of amides is 1. The molecule has 162 valence electrons. The second-order valence-electron chi connectivity index (χ2n) is 6.43. The largest absolute Gasteiger partial charge is 0.465 e. The van der Waals surface area contributed by atoms with Gasteiger partial charge in [-0.05, 0) is 18.2 Å². The molecule has 0 spiro atoms. The molecule has 0 radical (unpaired) electrons. The third-order valence-electron chi connectivity index (χ3n) is 4.10. The Bertz CT molecular complexity index is 1100. The van der Waals surface area contributed by atoms with Crippen LogP contribution in [0.4, 0.5) is 10.2 Å². The van der Waals surface area contributed by atoms with Crippen molar-refractivity contribution < 1.29 is 33.0 Å². The Labute approximate surface area is 175 Å². The molecule has 1 aromatic carbocycles. The first-order valence-electron chi connectivity index (χ1n) is 9.09. The number of nitrogens with one attached hydrogen (secondary N) is 1. The van der Waals surface area contributed by atoms with Crippen molar-refractivity contribution >= 4 is 29.5 Å². The van der Waals surface area contributed by atoms with E-state index in [2.05, 4.69) is 10.3 Å². The summed E-state index contributed by atoms with van der Waals surface area (Å²) >= 11 is 0. The molecule has 1 aliphatic heterocycles. The van der Waals surface area contributed by atoms with Crippen LogP contribution < -0.4 is 11.0 Å². The third kappa shape index (κ3) is 5.13. The summed E-state index contributed by atoms with van der Waals surface area (Å²) in [6.07, 6.45) is -1.55. The molecule has 3 rings (SSSR count). The lowest BCUT2D eigenvalue weighted by molar-refractivity contribution is -0.153. The van der Waals surface area contributed by atoms with Gasteiger partial charge in [0.1, 0.15) is 12.4 Å². The standard InChI is InChI=1S/C20H18FN3O7/c1-11(25)29-10-14-17(30-12(2)26)16(21)19(31-14)24-9-8-15(23-20(24)28)22-18(27)13-6-4-3-5-7-13/h3-9,14,17H,10H2,1-2H3,(H,22,23,27,28)/t14-,17?/m1/s1. The van der Waals surface area contributed by atoms with Gasteiger partial charge in [0, 0.05) is 25.6 Å². The van der Waals surface area contributed by atoms with E-state index in [0.717, 1.165) is 24.6 Å². The van der Waals surface area contributed by atoms with Crippen LogP contribution in [0.1, 0.15) is 24.2 Å². The SMILES string of the molecule is CC(=O)OC[C@H]1OC(n2ccc(NC(=O)c3ccccc3)nc2=O)=C(F)C1OC(C)=O. The van der Waals surface area contributed by atoms with E-state index >= 15 is 0 Å². The van der Waals surface area contributed by atoms with E-state index in [4.69, 9.17) is 14.2 Å². The van der Waals surface area contributed by atoms with Crippen molar-refractivity contribution in [2.24, 2.45) is 0 Å². The minimum atomic E-state index is -1.50. The summed E-state index contributed by atoms with van der Waals surface area (Å²) in [6.45, 7) is 1.82. The summed E-state index contributed by atoms with van der Waals surface area (Å²) < 4.78 is 30.7. The Hall–Kier alpha value is -4.02. The Morgan fingerprint density at radius 2 is 1.87 bits per heavy atom. The smallest absolute Gasteiger partial charge is 0.356 e. The molecule has 11 heteroatoms. The number of rotatable bonds is 6. The van der Waals surface area contributed by atoms with Gasteiger partial charge in [0.25, 0.3) is 5.91 Å². The van der Waals surface area contributed by atoms with Crippen molar-refractivity contribution in [3.05, 3.63) is 64.5 Å². The van der Waals surface area contributed by atoms with Gasteiger partial charge < -0.3 is 19.5 Å². The second-order valence-corrected chi connectivity index (χ2v) is 6.43. The normalized spacial score (nSPS) is 17.6. The molecule has 0 aliphatic carbocycles. The first-order valence-corrected chi connectivity index (χ1v) is 9.09. The van der Waals surface area contributed by atoms with E-state index in [1.807, 2.05) is 0 Å². The van der Waals surface area contributed by atoms with Gasteiger partial charge >= 0.3 is 17.6 Å². The number of carbonyl (C=O) groups is 3. The van der Waals surface area contributed by atoms with Crippen molar-refractivity contribution in [1.82, 2.24) is 9.55 Å². The van der Waals surface area contributed by atoms with Crippen LogP contribution in [0.25, 0.3) is 5.88 Å². The monoisotopic (exact) mass is 431 g/mol. The molecule has 2 atom stereocenters. The third-order valence-corrected chi connectivity index (χ3v) is 4.10. The molecule has 0 fully saturated rings. The number of halogens is 1. The molecule has 1 aromatic heterocycles. The highest BCUT2D eigenvalue weighted by atomic mass is 19.1. The molecule has 1 amide bonds. The van der Waals surface area contributed by atoms with E-state index < -0.39 is 54.1 Å². The van der Waals surface area contributed by atoms with Crippen molar-refractivity contribution in [3.8, 4) is 0 Å². The zero-order chi connectivity index (χ0) is 22.5. The van der Waals surface area contributed by atoms with E-state index in [9.17, 15) is 23.6 Å². The first kappa shape index (κ1) is 21.7. The Balaban J connectivity index is 1.83. The number of carbonyl (C=O) groups excluding carboxylic acids is 3. The van der Waals surface area contributed by atoms with E-state index in [-0.39, 0.29) is 5.82 Å². The maximum atomic E-state index is 14.9. The predicted molar refractivity (Wildman–Crippen MR) is 104 cm³/mol. The van der Waals surface area contributed by atoms with Gasteiger partial charge in [-0.3, -0.25) is 14.4 Å². The molecule has 2 heterocycles. The molecule has 31 heavy (non-hydrogen) atoms. The number of aromatic nitrogens is 2. The fraction of sp³-hybridized carbons (Fsp3) is 0.250. The molecule has 2 aromatic rings. The summed E-state index contributed by atoms with van der Waals surface area (Å²) in [4.78, 5) is 50.7. The minimum Gasteiger partial charge on any atom is -0.465 e. The molecule has 1 unspecified atom stereocenters. The lowest BCUT2D eigenvalue weighted by Crippen LogP contribution is -2.33. The fourth-order valence-electron chi connectivity index (χ4n) is 2.75. The average Bonchev–Trinajstić information content (AvgIpc) is 3.02. The number of anilines is 1. The first-order chi connectivity index (χ1) is 14.8. The zero-order valence-electron chi connectivity index (χ0n) is 16.5. The van der Waals surface area contributed by atoms with Crippen LogP contribution in [-0.4, -0.2) is 46.2 Å². The van der Waals surface area contributed by atoms with Crippen molar-refractivity contribution in [2.75, 3.05) is 11.9 Å². The molecule has 1 N–H and O–H groups in total. The zero-order valence-corrected chi connectivity index (χ0v) is 16.5. The minimum absolute atomic E-state index is 0.0536. The van der Waals surface area contributed by atoms with Gasteiger partial charge in [-0.15, -0.1) is 0 Å². The Morgan fingerprint density at radius 3 is 2.48 bits per heavy atom. The van der Waals surface area contributed by atoms with Gasteiger partial charge in [0.05, 0.1) is 0 Å². The van der Waals surface area contributed by atoms with Crippen molar-refractivity contribution in [2.45, 2.75) is 26.1 Å². The van der Waals surface area contributed by atoms with Gasteiger partial charge in [-0.25, -0.2) is 13.8 Å². The van der Waals surface area contributed by atoms with E-state index in [1.54, 1.807) is 30.3 Å². The van der Waals surface area contributed by atoms with Crippen LogP contribution in [0.15, 0.2) is 53.2 Å². The number of hydrogen-bond acceptors (Lipinski definition) is 8. The summed E-state index contributed by atoms with van der Waals surface area (Å²) in [5, 5.41) is 2.46. The van der Waals surface area contributed by atoms with E-state index in [0.29, 0.717) is 5.56 Å². The number of benzene rings is 1. The Morgan fingerprint density at radius 1 is 1.16 bits per heavy atom. The molecular weight excluding hydrogens is 413 g/mol. The highest BCUT2D eigenvalue weighted by Gasteiger charge is 2.42. The number of esters is 2. The fourth-order valence-corrected chi connectivity index (χ4v) is 2.75. The lowest BCUT2D eigenvalue weighted by atomic mass is 10.2. The van der Waals surface area contributed by atoms with Gasteiger partial charge in [0.2, 0.25) is 11.7 Å². The molecule has 0 saturated carbocycles. The van der Waals surface area contributed by atoms with Gasteiger partial charge in [0.15, 0.2) is 12.2 Å². The summed E-state index contributed by atoms with van der Waals surface area (Å²) in [5.41, 5.74) is -0.593. The van der Waals surface area contributed by atoms with Crippen LogP contribution in [0.5, 0.6) is 0 Å².